The molecule has 0 spiro atoms. The van der Waals surface area contributed by atoms with E-state index in [4.69, 9.17) is 11.6 Å². The molecule has 0 aromatic heterocycles. The van der Waals surface area contributed by atoms with Gasteiger partial charge in [0.15, 0.2) is 5.78 Å². The lowest BCUT2D eigenvalue weighted by Crippen LogP contribution is -2.29. The number of halogens is 1. The molecule has 1 atom stereocenters. The van der Waals surface area contributed by atoms with Gasteiger partial charge in [0.2, 0.25) is 0 Å². The predicted octanol–water partition coefficient (Wildman–Crippen LogP) is 2.46. The number of rotatable bonds is 2. The smallest absolute Gasteiger partial charge is 0.157 e. The summed E-state index contributed by atoms with van der Waals surface area (Å²) in [5.41, 5.74) is 0. The van der Waals surface area contributed by atoms with E-state index in [9.17, 15) is 4.79 Å². The van der Waals surface area contributed by atoms with Crippen LogP contribution in [0.1, 0.15) is 19.8 Å². The van der Waals surface area contributed by atoms with E-state index in [1.807, 2.05) is 25.2 Å². The largest absolute Gasteiger partial charge is 0.297 e. The maximum atomic E-state index is 11.3. The van der Waals surface area contributed by atoms with E-state index in [1.165, 1.54) is 0 Å². The highest BCUT2D eigenvalue weighted by molar-refractivity contribution is 6.37. The van der Waals surface area contributed by atoms with Gasteiger partial charge in [-0.1, -0.05) is 31.2 Å². The molecular formula is C9H11ClO. The van der Waals surface area contributed by atoms with Crippen molar-refractivity contribution >= 4 is 17.4 Å². The summed E-state index contributed by atoms with van der Waals surface area (Å²) in [5.74, 6) is 0.0970. The Labute approximate surface area is 71.7 Å². The van der Waals surface area contributed by atoms with Gasteiger partial charge in [0.05, 0.1) is 0 Å². The lowest BCUT2D eigenvalue weighted by molar-refractivity contribution is -0.120. The number of carbonyl (C=O) groups excluding carboxylic acids is 1. The molecule has 0 aromatic rings. The molecule has 0 aromatic carbocycles. The number of hydrogen-bond donors (Lipinski definition) is 0. The van der Waals surface area contributed by atoms with Crippen LogP contribution in [-0.4, -0.2) is 10.7 Å². The van der Waals surface area contributed by atoms with E-state index in [0.29, 0.717) is 12.8 Å². The summed E-state index contributed by atoms with van der Waals surface area (Å²) >= 11 is 6.04. The Hall–Kier alpha value is -0.560. The Bertz CT molecular complexity index is 218. The topological polar surface area (TPSA) is 17.1 Å². The fourth-order valence-corrected chi connectivity index (χ4v) is 1.39. The van der Waals surface area contributed by atoms with Crippen LogP contribution in [0.5, 0.6) is 0 Å². The molecule has 0 saturated heterocycles. The van der Waals surface area contributed by atoms with Crippen LogP contribution < -0.4 is 0 Å². The third kappa shape index (κ3) is 1.72. The predicted molar refractivity (Wildman–Crippen MR) is 46.8 cm³/mol. The van der Waals surface area contributed by atoms with Gasteiger partial charge in [0, 0.05) is 6.42 Å². The molecule has 60 valence electrons. The van der Waals surface area contributed by atoms with Crippen LogP contribution in [0.2, 0.25) is 0 Å². The van der Waals surface area contributed by atoms with Gasteiger partial charge in [-0.3, -0.25) is 4.79 Å². The van der Waals surface area contributed by atoms with E-state index < -0.39 is 4.87 Å². The highest BCUT2D eigenvalue weighted by Gasteiger charge is 2.30. The van der Waals surface area contributed by atoms with Gasteiger partial charge in [-0.25, -0.2) is 0 Å². The SMILES string of the molecule is CCC(=O)C1(Cl)C=CC=CC1. The van der Waals surface area contributed by atoms with Gasteiger partial charge in [-0.15, -0.1) is 11.6 Å². The molecule has 11 heavy (non-hydrogen) atoms. The molecule has 0 saturated carbocycles. The standard InChI is InChI=1S/C9H11ClO/c1-2-8(11)9(10)6-4-3-5-7-9/h3-6H,2,7H2,1H3. The molecule has 0 heterocycles. The molecular weight excluding hydrogens is 160 g/mol. The number of Topliss-reactive ketones (excluding diaryl/α,β-unsaturated/α-hetero) is 1. The van der Waals surface area contributed by atoms with E-state index in [1.54, 1.807) is 6.08 Å². The summed E-state index contributed by atoms with van der Waals surface area (Å²) in [6.07, 6.45) is 8.54. The van der Waals surface area contributed by atoms with Gasteiger partial charge in [-0.2, -0.15) is 0 Å². The normalized spacial score (nSPS) is 28.9. The van der Waals surface area contributed by atoms with Gasteiger partial charge in [0.25, 0.3) is 0 Å². The number of allylic oxidation sites excluding steroid dienone is 4. The molecule has 1 rings (SSSR count). The van der Waals surface area contributed by atoms with Crippen LogP contribution >= 0.6 is 11.6 Å². The molecule has 0 N–H and O–H groups in total. The third-order valence-corrected chi connectivity index (χ3v) is 2.30. The minimum Gasteiger partial charge on any atom is -0.297 e. The van der Waals surface area contributed by atoms with Crippen LogP contribution in [0.15, 0.2) is 24.3 Å². The zero-order chi connectivity index (χ0) is 8.32. The highest BCUT2D eigenvalue weighted by atomic mass is 35.5. The Balaban J connectivity index is 2.75. The lowest BCUT2D eigenvalue weighted by atomic mass is 9.94. The fourth-order valence-electron chi connectivity index (χ4n) is 1.09. The monoisotopic (exact) mass is 170 g/mol. The van der Waals surface area contributed by atoms with Crippen LogP contribution in [0.3, 0.4) is 0 Å². The Kier molecular flexibility index (Phi) is 2.50. The van der Waals surface area contributed by atoms with Crippen molar-refractivity contribution in [3.63, 3.8) is 0 Å². The molecule has 2 heteroatoms. The average molecular weight is 171 g/mol. The number of carbonyl (C=O) groups is 1. The van der Waals surface area contributed by atoms with E-state index in [0.717, 1.165) is 0 Å². The summed E-state index contributed by atoms with van der Waals surface area (Å²) in [5, 5.41) is 0. The van der Waals surface area contributed by atoms with Crippen molar-refractivity contribution < 1.29 is 4.79 Å². The first kappa shape index (κ1) is 8.54. The number of alkyl halides is 1. The molecule has 0 bridgehead atoms. The van der Waals surface area contributed by atoms with Gasteiger partial charge in [0.1, 0.15) is 4.87 Å². The van der Waals surface area contributed by atoms with Gasteiger partial charge < -0.3 is 0 Å². The maximum Gasteiger partial charge on any atom is 0.157 e. The maximum absolute atomic E-state index is 11.3. The first-order valence-corrected chi connectivity index (χ1v) is 4.13. The van der Waals surface area contributed by atoms with Crippen molar-refractivity contribution in [3.05, 3.63) is 24.3 Å². The minimum atomic E-state index is -0.747. The van der Waals surface area contributed by atoms with Crippen molar-refractivity contribution in [2.45, 2.75) is 24.6 Å². The van der Waals surface area contributed by atoms with E-state index >= 15 is 0 Å². The van der Waals surface area contributed by atoms with E-state index in [2.05, 4.69) is 0 Å². The Morgan fingerprint density at radius 3 is 2.82 bits per heavy atom. The van der Waals surface area contributed by atoms with Gasteiger partial charge in [-0.05, 0) is 6.42 Å². The molecule has 1 nitrogen and oxygen atoms in total. The van der Waals surface area contributed by atoms with Crippen molar-refractivity contribution in [2.75, 3.05) is 0 Å². The fraction of sp³-hybridized carbons (Fsp3) is 0.444. The Morgan fingerprint density at radius 1 is 1.64 bits per heavy atom. The zero-order valence-corrected chi connectivity index (χ0v) is 7.27. The third-order valence-electron chi connectivity index (χ3n) is 1.81. The van der Waals surface area contributed by atoms with Gasteiger partial charge >= 0.3 is 0 Å². The summed E-state index contributed by atoms with van der Waals surface area (Å²) in [6.45, 7) is 1.83. The Morgan fingerprint density at radius 2 is 2.36 bits per heavy atom. The van der Waals surface area contributed by atoms with Crippen molar-refractivity contribution in [3.8, 4) is 0 Å². The first-order chi connectivity index (χ1) is 5.19. The second-order valence-corrected chi connectivity index (χ2v) is 3.31. The minimum absolute atomic E-state index is 0.0970. The van der Waals surface area contributed by atoms with Crippen molar-refractivity contribution in [1.29, 1.82) is 0 Å². The van der Waals surface area contributed by atoms with Crippen LogP contribution in [-0.2, 0) is 4.79 Å². The van der Waals surface area contributed by atoms with Crippen LogP contribution in [0, 0.1) is 0 Å². The summed E-state index contributed by atoms with van der Waals surface area (Å²) < 4.78 is 0. The number of ketones is 1. The van der Waals surface area contributed by atoms with Crippen LogP contribution in [0.25, 0.3) is 0 Å². The molecule has 1 aliphatic carbocycles. The second kappa shape index (κ2) is 3.22. The molecule has 0 amide bonds. The molecule has 0 radical (unpaired) electrons. The quantitative estimate of drug-likeness (QED) is 0.582. The lowest BCUT2D eigenvalue weighted by Gasteiger charge is -2.20. The van der Waals surface area contributed by atoms with Crippen molar-refractivity contribution in [1.82, 2.24) is 0 Å². The highest BCUT2D eigenvalue weighted by Crippen LogP contribution is 2.27. The number of hydrogen-bond acceptors (Lipinski definition) is 1. The molecule has 1 aliphatic rings. The molecule has 0 aliphatic heterocycles. The van der Waals surface area contributed by atoms with E-state index in [-0.39, 0.29) is 5.78 Å². The average Bonchev–Trinajstić information content (AvgIpc) is 2.04. The summed E-state index contributed by atoms with van der Waals surface area (Å²) in [7, 11) is 0. The van der Waals surface area contributed by atoms with Crippen LogP contribution in [0.4, 0.5) is 0 Å². The first-order valence-electron chi connectivity index (χ1n) is 3.75. The summed E-state index contributed by atoms with van der Waals surface area (Å²) in [4.78, 5) is 10.5. The molecule has 0 fully saturated rings. The van der Waals surface area contributed by atoms with Crippen molar-refractivity contribution in [2.24, 2.45) is 0 Å². The summed E-state index contributed by atoms with van der Waals surface area (Å²) in [6, 6.07) is 0. The zero-order valence-electron chi connectivity index (χ0n) is 6.51. The second-order valence-electron chi connectivity index (χ2n) is 2.63. The molecule has 1 unspecified atom stereocenters.